The van der Waals surface area contributed by atoms with Crippen LogP contribution in [0.15, 0.2) is 34.9 Å². The molecule has 17 heavy (non-hydrogen) atoms. The van der Waals surface area contributed by atoms with Gasteiger partial charge >= 0.3 is 5.97 Å². The molecule has 0 unspecified atom stereocenters. The highest BCUT2D eigenvalue weighted by molar-refractivity contribution is 9.10. The second kappa shape index (κ2) is 4.50. The summed E-state index contributed by atoms with van der Waals surface area (Å²) < 4.78 is 0.903. The van der Waals surface area contributed by atoms with Gasteiger partial charge in [0.1, 0.15) is 5.56 Å². The van der Waals surface area contributed by atoms with Gasteiger partial charge in [-0.15, -0.1) is 0 Å². The van der Waals surface area contributed by atoms with E-state index in [0.29, 0.717) is 11.3 Å². The molecule has 1 aromatic carbocycles. The third kappa shape index (κ3) is 2.42. The summed E-state index contributed by atoms with van der Waals surface area (Å²) in [7, 11) is 0. The van der Waals surface area contributed by atoms with E-state index >= 15 is 0 Å². The molecular formula is C11H8BrN3O2. The van der Waals surface area contributed by atoms with E-state index in [1.165, 1.54) is 6.20 Å². The summed E-state index contributed by atoms with van der Waals surface area (Å²) in [6.45, 7) is 0. The minimum atomic E-state index is -1.08. The largest absolute Gasteiger partial charge is 0.478 e. The predicted octanol–water partition coefficient (Wildman–Crippen LogP) is 2.19. The number of nitrogen functional groups attached to an aromatic ring is 1. The van der Waals surface area contributed by atoms with Crippen LogP contribution < -0.4 is 5.73 Å². The van der Waals surface area contributed by atoms with Crippen LogP contribution in [0.3, 0.4) is 0 Å². The number of nitrogens with two attached hydrogens (primary N) is 1. The summed E-state index contributed by atoms with van der Waals surface area (Å²) in [5.41, 5.74) is 6.50. The minimum Gasteiger partial charge on any atom is -0.478 e. The number of aromatic carboxylic acids is 1. The molecule has 1 heterocycles. The van der Waals surface area contributed by atoms with Gasteiger partial charge in [0.05, 0.1) is 5.69 Å². The van der Waals surface area contributed by atoms with Crippen molar-refractivity contribution in [1.82, 2.24) is 9.97 Å². The Morgan fingerprint density at radius 2 is 1.94 bits per heavy atom. The quantitative estimate of drug-likeness (QED) is 0.886. The molecule has 0 radical (unpaired) electrons. The molecule has 0 aliphatic heterocycles. The van der Waals surface area contributed by atoms with E-state index in [2.05, 4.69) is 25.9 Å². The molecule has 0 atom stereocenters. The zero-order valence-corrected chi connectivity index (χ0v) is 10.2. The first-order valence-electron chi connectivity index (χ1n) is 4.69. The lowest BCUT2D eigenvalue weighted by Gasteiger charge is -2.05. The summed E-state index contributed by atoms with van der Waals surface area (Å²) in [6, 6.07) is 7.13. The van der Waals surface area contributed by atoms with Gasteiger partial charge in [0.25, 0.3) is 0 Å². The molecule has 1 aromatic heterocycles. The van der Waals surface area contributed by atoms with Crippen molar-refractivity contribution in [3.63, 3.8) is 0 Å². The smallest absolute Gasteiger partial charge is 0.339 e. The summed E-state index contributed by atoms with van der Waals surface area (Å²) in [4.78, 5) is 18.7. The summed E-state index contributed by atoms with van der Waals surface area (Å²) >= 11 is 3.31. The Balaban J connectivity index is 2.60. The van der Waals surface area contributed by atoms with Crippen LogP contribution in [0.25, 0.3) is 11.3 Å². The predicted molar refractivity (Wildman–Crippen MR) is 66.5 cm³/mol. The van der Waals surface area contributed by atoms with E-state index in [-0.39, 0.29) is 11.5 Å². The zero-order chi connectivity index (χ0) is 12.4. The fourth-order valence-corrected chi connectivity index (χ4v) is 1.64. The minimum absolute atomic E-state index is 0.0292. The van der Waals surface area contributed by atoms with Crippen LogP contribution in [0.1, 0.15) is 10.4 Å². The van der Waals surface area contributed by atoms with Crippen LogP contribution in [0.4, 0.5) is 5.95 Å². The summed E-state index contributed by atoms with van der Waals surface area (Å²) in [5.74, 6) is -1.03. The molecule has 3 N–H and O–H groups in total. The zero-order valence-electron chi connectivity index (χ0n) is 8.59. The maximum atomic E-state index is 11.0. The normalized spacial score (nSPS) is 10.2. The number of hydrogen-bond acceptors (Lipinski definition) is 4. The van der Waals surface area contributed by atoms with Crippen LogP contribution in [0, 0.1) is 0 Å². The lowest BCUT2D eigenvalue weighted by molar-refractivity contribution is 0.0697. The van der Waals surface area contributed by atoms with Gasteiger partial charge in [0.15, 0.2) is 0 Å². The molecule has 0 aliphatic carbocycles. The van der Waals surface area contributed by atoms with Gasteiger partial charge in [0.2, 0.25) is 5.95 Å². The van der Waals surface area contributed by atoms with Gasteiger partial charge in [-0.25, -0.2) is 14.8 Å². The van der Waals surface area contributed by atoms with Crippen LogP contribution in [-0.2, 0) is 0 Å². The second-order valence-corrected chi connectivity index (χ2v) is 4.22. The topological polar surface area (TPSA) is 89.1 Å². The third-order valence-electron chi connectivity index (χ3n) is 2.16. The number of aromatic nitrogens is 2. The standard InChI is InChI=1S/C11H8BrN3O2/c12-7-3-1-6(2-4-7)9-8(10(16)17)5-14-11(13)15-9/h1-5H,(H,16,17)(H2,13,14,15). The highest BCUT2D eigenvalue weighted by Crippen LogP contribution is 2.23. The van der Waals surface area contributed by atoms with Gasteiger partial charge in [-0.2, -0.15) is 0 Å². The lowest BCUT2D eigenvalue weighted by Crippen LogP contribution is -2.05. The van der Waals surface area contributed by atoms with Crippen molar-refractivity contribution < 1.29 is 9.90 Å². The number of carbonyl (C=O) groups is 1. The fraction of sp³-hybridized carbons (Fsp3) is 0. The molecule has 0 spiro atoms. The average Bonchev–Trinajstić information content (AvgIpc) is 2.29. The Bertz CT molecular complexity index is 569. The number of carboxylic acids is 1. The molecule has 5 nitrogen and oxygen atoms in total. The molecule has 2 aromatic rings. The number of rotatable bonds is 2. The average molecular weight is 294 g/mol. The Labute approximate surface area is 105 Å². The first kappa shape index (κ1) is 11.5. The van der Waals surface area contributed by atoms with E-state index < -0.39 is 5.97 Å². The van der Waals surface area contributed by atoms with Crippen LogP contribution in [-0.4, -0.2) is 21.0 Å². The molecule has 86 valence electrons. The Morgan fingerprint density at radius 1 is 1.29 bits per heavy atom. The molecule has 0 aliphatic rings. The van der Waals surface area contributed by atoms with Gasteiger partial charge in [-0.05, 0) is 12.1 Å². The first-order chi connectivity index (χ1) is 8.08. The van der Waals surface area contributed by atoms with E-state index in [4.69, 9.17) is 10.8 Å². The van der Waals surface area contributed by atoms with Crippen LogP contribution in [0.2, 0.25) is 0 Å². The van der Waals surface area contributed by atoms with Crippen molar-refractivity contribution in [2.24, 2.45) is 0 Å². The number of carboxylic acid groups (broad SMARTS) is 1. The Morgan fingerprint density at radius 3 is 2.53 bits per heavy atom. The van der Waals surface area contributed by atoms with Crippen molar-refractivity contribution in [3.8, 4) is 11.3 Å². The highest BCUT2D eigenvalue weighted by atomic mass is 79.9. The highest BCUT2D eigenvalue weighted by Gasteiger charge is 2.14. The SMILES string of the molecule is Nc1ncc(C(=O)O)c(-c2ccc(Br)cc2)n1. The monoisotopic (exact) mass is 293 g/mol. The van der Waals surface area contributed by atoms with Crippen LogP contribution in [0.5, 0.6) is 0 Å². The van der Waals surface area contributed by atoms with Gasteiger partial charge in [-0.3, -0.25) is 0 Å². The van der Waals surface area contributed by atoms with E-state index in [0.717, 1.165) is 4.47 Å². The third-order valence-corrected chi connectivity index (χ3v) is 2.68. The van der Waals surface area contributed by atoms with Gasteiger partial charge in [-0.1, -0.05) is 28.1 Å². The Hall–Kier alpha value is -1.95. The van der Waals surface area contributed by atoms with Crippen molar-refractivity contribution in [3.05, 3.63) is 40.5 Å². The van der Waals surface area contributed by atoms with Crippen molar-refractivity contribution in [1.29, 1.82) is 0 Å². The van der Waals surface area contributed by atoms with Crippen LogP contribution >= 0.6 is 15.9 Å². The molecular weight excluding hydrogens is 286 g/mol. The van der Waals surface area contributed by atoms with Crippen molar-refractivity contribution in [2.75, 3.05) is 5.73 Å². The molecule has 2 rings (SSSR count). The van der Waals surface area contributed by atoms with Gasteiger partial charge < -0.3 is 10.8 Å². The molecule has 0 bridgehead atoms. The second-order valence-electron chi connectivity index (χ2n) is 3.30. The summed E-state index contributed by atoms with van der Waals surface area (Å²) in [6.07, 6.45) is 1.21. The lowest BCUT2D eigenvalue weighted by atomic mass is 10.1. The van der Waals surface area contributed by atoms with E-state index in [1.54, 1.807) is 24.3 Å². The van der Waals surface area contributed by atoms with Crippen molar-refractivity contribution >= 4 is 27.8 Å². The van der Waals surface area contributed by atoms with Crippen molar-refractivity contribution in [2.45, 2.75) is 0 Å². The molecule has 6 heteroatoms. The maximum absolute atomic E-state index is 11.0. The molecule has 0 amide bonds. The number of halogens is 1. The number of benzene rings is 1. The first-order valence-corrected chi connectivity index (χ1v) is 5.49. The number of anilines is 1. The maximum Gasteiger partial charge on any atom is 0.339 e. The molecule has 0 fully saturated rings. The van der Waals surface area contributed by atoms with Gasteiger partial charge in [0, 0.05) is 16.2 Å². The fourth-order valence-electron chi connectivity index (χ4n) is 1.38. The molecule has 0 saturated heterocycles. The number of nitrogens with zero attached hydrogens (tertiary/aromatic N) is 2. The summed E-state index contributed by atoms with van der Waals surface area (Å²) in [5, 5.41) is 9.04. The number of hydrogen-bond donors (Lipinski definition) is 2. The van der Waals surface area contributed by atoms with E-state index in [9.17, 15) is 4.79 Å². The Kier molecular flexibility index (Phi) is 3.06. The van der Waals surface area contributed by atoms with E-state index in [1.807, 2.05) is 0 Å². The molecule has 0 saturated carbocycles.